The van der Waals surface area contributed by atoms with Crippen LogP contribution in [0.1, 0.15) is 13.8 Å². The van der Waals surface area contributed by atoms with E-state index >= 15 is 0 Å². The second-order valence-corrected chi connectivity index (χ2v) is 5.83. The third-order valence-electron chi connectivity index (χ3n) is 3.22. The molecule has 1 aromatic carbocycles. The van der Waals surface area contributed by atoms with Crippen molar-refractivity contribution in [3.8, 4) is 11.5 Å². The minimum absolute atomic E-state index is 0.147. The first-order valence-corrected chi connectivity index (χ1v) is 7.21. The molecule has 1 aromatic heterocycles. The normalized spacial score (nSPS) is 11.2. The van der Waals surface area contributed by atoms with Gasteiger partial charge in [0.15, 0.2) is 11.6 Å². The van der Waals surface area contributed by atoms with E-state index in [1.165, 1.54) is 19.4 Å². The Balaban J connectivity index is 2.02. The highest BCUT2D eigenvalue weighted by Crippen LogP contribution is 2.24. The van der Waals surface area contributed by atoms with E-state index in [1.54, 1.807) is 26.0 Å². The fraction of sp³-hybridized carbons (Fsp3) is 0.294. The van der Waals surface area contributed by atoms with Crippen molar-refractivity contribution in [2.45, 2.75) is 13.8 Å². The molecule has 24 heavy (non-hydrogen) atoms. The number of halogens is 2. The summed E-state index contributed by atoms with van der Waals surface area (Å²) in [5.74, 6) is -1.35. The van der Waals surface area contributed by atoms with Crippen LogP contribution in [0.5, 0.6) is 11.5 Å². The lowest BCUT2D eigenvalue weighted by molar-refractivity contribution is -0.126. The zero-order valence-electron chi connectivity index (χ0n) is 13.6. The van der Waals surface area contributed by atoms with E-state index in [0.29, 0.717) is 11.6 Å². The van der Waals surface area contributed by atoms with E-state index in [2.05, 4.69) is 10.3 Å². The number of methoxy groups -OCH3 is 1. The van der Waals surface area contributed by atoms with Crippen LogP contribution in [-0.4, -0.2) is 24.6 Å². The molecule has 2 aromatic rings. The third-order valence-corrected chi connectivity index (χ3v) is 3.22. The number of ether oxygens (including phenoxy) is 2. The number of amides is 1. The summed E-state index contributed by atoms with van der Waals surface area (Å²) < 4.78 is 36.4. The molecule has 0 aliphatic heterocycles. The molecule has 1 amide bonds. The predicted molar refractivity (Wildman–Crippen MR) is 85.0 cm³/mol. The maximum absolute atomic E-state index is 13.1. The Labute approximate surface area is 138 Å². The summed E-state index contributed by atoms with van der Waals surface area (Å²) in [4.78, 5) is 16.2. The van der Waals surface area contributed by atoms with Gasteiger partial charge in [0.1, 0.15) is 17.3 Å². The lowest BCUT2D eigenvalue weighted by Gasteiger charge is -2.22. The van der Waals surface area contributed by atoms with Crippen LogP contribution in [0.2, 0.25) is 0 Å². The van der Waals surface area contributed by atoms with E-state index in [-0.39, 0.29) is 18.3 Å². The summed E-state index contributed by atoms with van der Waals surface area (Å²) in [6.07, 6.45) is 1.38. The van der Waals surface area contributed by atoms with Crippen molar-refractivity contribution in [2.24, 2.45) is 5.41 Å². The molecule has 5 nitrogen and oxygen atoms in total. The van der Waals surface area contributed by atoms with E-state index in [0.717, 1.165) is 12.1 Å². The predicted octanol–water partition coefficient (Wildman–Crippen LogP) is 3.76. The SMILES string of the molecule is COCC(C)(C)C(=O)Nc1ccc(Oc2ccc(F)c(F)c2)cn1. The molecular weight excluding hydrogens is 318 g/mol. The Morgan fingerprint density at radius 1 is 1.17 bits per heavy atom. The minimum atomic E-state index is -0.996. The van der Waals surface area contributed by atoms with Crippen LogP contribution >= 0.6 is 0 Å². The molecule has 0 unspecified atom stereocenters. The maximum Gasteiger partial charge on any atom is 0.233 e. The Kier molecular flexibility index (Phi) is 5.46. The third kappa shape index (κ3) is 4.48. The van der Waals surface area contributed by atoms with Crippen LogP contribution in [-0.2, 0) is 9.53 Å². The number of carbonyl (C=O) groups is 1. The smallest absolute Gasteiger partial charge is 0.233 e. The van der Waals surface area contributed by atoms with Crippen LogP contribution in [0.3, 0.4) is 0 Å². The van der Waals surface area contributed by atoms with Crippen molar-refractivity contribution in [1.82, 2.24) is 4.98 Å². The second-order valence-electron chi connectivity index (χ2n) is 5.83. The highest BCUT2D eigenvalue weighted by atomic mass is 19.2. The number of nitrogens with one attached hydrogen (secondary N) is 1. The Morgan fingerprint density at radius 3 is 2.46 bits per heavy atom. The summed E-state index contributed by atoms with van der Waals surface area (Å²) in [5.41, 5.74) is -0.697. The van der Waals surface area contributed by atoms with E-state index in [4.69, 9.17) is 9.47 Å². The number of rotatable bonds is 6. The monoisotopic (exact) mass is 336 g/mol. The average molecular weight is 336 g/mol. The van der Waals surface area contributed by atoms with Crippen LogP contribution < -0.4 is 10.1 Å². The summed E-state index contributed by atoms with van der Waals surface area (Å²) in [7, 11) is 1.53. The summed E-state index contributed by atoms with van der Waals surface area (Å²) in [6.45, 7) is 3.79. The van der Waals surface area contributed by atoms with Gasteiger partial charge in [-0.15, -0.1) is 0 Å². The van der Waals surface area contributed by atoms with Gasteiger partial charge in [0.25, 0.3) is 0 Å². The van der Waals surface area contributed by atoms with Gasteiger partial charge in [0.2, 0.25) is 5.91 Å². The van der Waals surface area contributed by atoms with Gasteiger partial charge in [0, 0.05) is 13.2 Å². The molecule has 0 spiro atoms. The van der Waals surface area contributed by atoms with Gasteiger partial charge >= 0.3 is 0 Å². The van der Waals surface area contributed by atoms with Crippen molar-refractivity contribution >= 4 is 11.7 Å². The van der Waals surface area contributed by atoms with Crippen LogP contribution in [0.15, 0.2) is 36.5 Å². The molecule has 1 N–H and O–H groups in total. The number of anilines is 1. The molecule has 0 radical (unpaired) electrons. The number of hydrogen-bond donors (Lipinski definition) is 1. The summed E-state index contributed by atoms with van der Waals surface area (Å²) in [6, 6.07) is 6.34. The minimum Gasteiger partial charge on any atom is -0.456 e. The topological polar surface area (TPSA) is 60.5 Å². The number of pyridine rings is 1. The molecular formula is C17H18F2N2O3. The molecule has 0 bridgehead atoms. The van der Waals surface area contributed by atoms with E-state index in [9.17, 15) is 13.6 Å². The number of hydrogen-bond acceptors (Lipinski definition) is 4. The number of aromatic nitrogens is 1. The van der Waals surface area contributed by atoms with Crippen molar-refractivity contribution in [3.05, 3.63) is 48.2 Å². The standard InChI is InChI=1S/C17H18F2N2O3/c1-17(2,10-23-3)16(22)21-15-7-5-12(9-20-15)24-11-4-6-13(18)14(19)8-11/h4-9H,10H2,1-3H3,(H,20,21,22). The average Bonchev–Trinajstić information content (AvgIpc) is 2.53. The molecule has 128 valence electrons. The van der Waals surface area contributed by atoms with Gasteiger partial charge in [-0.05, 0) is 38.1 Å². The summed E-state index contributed by atoms with van der Waals surface area (Å²) >= 11 is 0. The van der Waals surface area contributed by atoms with Crippen LogP contribution in [0.25, 0.3) is 0 Å². The maximum atomic E-state index is 13.1. The van der Waals surface area contributed by atoms with E-state index in [1.807, 2.05) is 0 Å². The zero-order valence-corrected chi connectivity index (χ0v) is 13.6. The molecule has 0 aliphatic rings. The van der Waals surface area contributed by atoms with Crippen LogP contribution in [0, 0.1) is 17.0 Å². The first-order valence-electron chi connectivity index (χ1n) is 7.21. The van der Waals surface area contributed by atoms with Crippen molar-refractivity contribution in [1.29, 1.82) is 0 Å². The van der Waals surface area contributed by atoms with Crippen LogP contribution in [0.4, 0.5) is 14.6 Å². The lowest BCUT2D eigenvalue weighted by atomic mass is 9.94. The van der Waals surface area contributed by atoms with Gasteiger partial charge in [-0.2, -0.15) is 0 Å². The van der Waals surface area contributed by atoms with Gasteiger partial charge < -0.3 is 14.8 Å². The van der Waals surface area contributed by atoms with Crippen molar-refractivity contribution < 1.29 is 23.0 Å². The number of carbonyl (C=O) groups excluding carboxylic acids is 1. The van der Waals surface area contributed by atoms with Gasteiger partial charge in [-0.1, -0.05) is 0 Å². The Bertz CT molecular complexity index is 718. The number of nitrogens with zero attached hydrogens (tertiary/aromatic N) is 1. The highest BCUT2D eigenvalue weighted by Gasteiger charge is 2.27. The first kappa shape index (κ1) is 17.8. The first-order chi connectivity index (χ1) is 11.3. The number of benzene rings is 1. The zero-order chi connectivity index (χ0) is 17.7. The van der Waals surface area contributed by atoms with Gasteiger partial charge in [-0.3, -0.25) is 4.79 Å². The molecule has 0 atom stereocenters. The molecule has 0 aliphatic carbocycles. The molecule has 0 saturated heterocycles. The van der Waals surface area contributed by atoms with Crippen molar-refractivity contribution in [2.75, 3.05) is 19.0 Å². The van der Waals surface area contributed by atoms with Gasteiger partial charge in [-0.25, -0.2) is 13.8 Å². The second kappa shape index (κ2) is 7.35. The molecule has 2 rings (SSSR count). The van der Waals surface area contributed by atoms with Crippen molar-refractivity contribution in [3.63, 3.8) is 0 Å². The van der Waals surface area contributed by atoms with Gasteiger partial charge in [0.05, 0.1) is 18.2 Å². The Morgan fingerprint density at radius 2 is 1.88 bits per heavy atom. The molecule has 0 fully saturated rings. The lowest BCUT2D eigenvalue weighted by Crippen LogP contribution is -2.34. The largest absolute Gasteiger partial charge is 0.456 e. The highest BCUT2D eigenvalue weighted by molar-refractivity contribution is 5.94. The Hall–Kier alpha value is -2.54. The molecule has 0 saturated carbocycles. The van der Waals surface area contributed by atoms with E-state index < -0.39 is 17.0 Å². The summed E-state index contributed by atoms with van der Waals surface area (Å²) in [5, 5.41) is 2.68. The molecule has 1 heterocycles. The fourth-order valence-corrected chi connectivity index (χ4v) is 1.90. The quantitative estimate of drug-likeness (QED) is 0.872. The fourth-order valence-electron chi connectivity index (χ4n) is 1.90. The molecule has 7 heteroatoms.